The SMILES string of the molecule is COCCn1c(Sc2ncnc3ccc(C)cc23)nc2cc(Cl)ccc2c1=O. The van der Waals surface area contributed by atoms with Gasteiger partial charge in [-0.25, -0.2) is 15.0 Å². The summed E-state index contributed by atoms with van der Waals surface area (Å²) in [5.74, 6) is 0. The predicted molar refractivity (Wildman–Crippen MR) is 111 cm³/mol. The first-order valence-electron chi connectivity index (χ1n) is 8.65. The van der Waals surface area contributed by atoms with Crippen LogP contribution in [0.4, 0.5) is 0 Å². The van der Waals surface area contributed by atoms with Crippen molar-refractivity contribution in [2.45, 2.75) is 23.7 Å². The van der Waals surface area contributed by atoms with Crippen LogP contribution in [-0.2, 0) is 11.3 Å². The molecular formula is C20H17ClN4O2S. The summed E-state index contributed by atoms with van der Waals surface area (Å²) in [6, 6.07) is 11.1. The van der Waals surface area contributed by atoms with Gasteiger partial charge in [-0.1, -0.05) is 23.2 Å². The van der Waals surface area contributed by atoms with E-state index < -0.39 is 0 Å². The molecule has 0 amide bonds. The van der Waals surface area contributed by atoms with Crippen molar-refractivity contribution in [3.05, 3.63) is 63.7 Å². The summed E-state index contributed by atoms with van der Waals surface area (Å²) < 4.78 is 6.80. The molecule has 4 rings (SSSR count). The van der Waals surface area contributed by atoms with E-state index in [0.717, 1.165) is 21.5 Å². The zero-order valence-corrected chi connectivity index (χ0v) is 16.9. The van der Waals surface area contributed by atoms with E-state index in [-0.39, 0.29) is 5.56 Å². The fourth-order valence-corrected chi connectivity index (χ4v) is 4.09. The van der Waals surface area contributed by atoms with Crippen LogP contribution in [-0.4, -0.2) is 33.2 Å². The van der Waals surface area contributed by atoms with Gasteiger partial charge in [-0.05, 0) is 49.0 Å². The number of benzene rings is 2. The molecule has 2 aromatic heterocycles. The van der Waals surface area contributed by atoms with Crippen LogP contribution in [0.3, 0.4) is 0 Å². The van der Waals surface area contributed by atoms with Crippen LogP contribution in [0.25, 0.3) is 21.8 Å². The maximum atomic E-state index is 13.1. The van der Waals surface area contributed by atoms with Crippen LogP contribution in [0, 0.1) is 6.92 Å². The van der Waals surface area contributed by atoms with Gasteiger partial charge in [0.05, 0.1) is 29.6 Å². The summed E-state index contributed by atoms with van der Waals surface area (Å²) in [6.07, 6.45) is 1.52. The lowest BCUT2D eigenvalue weighted by Crippen LogP contribution is -2.25. The first-order chi connectivity index (χ1) is 13.6. The monoisotopic (exact) mass is 412 g/mol. The molecule has 0 atom stereocenters. The average molecular weight is 413 g/mol. The van der Waals surface area contributed by atoms with Crippen LogP contribution in [0.15, 0.2) is 57.7 Å². The minimum Gasteiger partial charge on any atom is -0.383 e. The molecule has 0 bridgehead atoms. The molecule has 0 radical (unpaired) electrons. The molecule has 8 heteroatoms. The molecule has 0 aliphatic carbocycles. The van der Waals surface area contributed by atoms with E-state index >= 15 is 0 Å². The minimum absolute atomic E-state index is 0.129. The zero-order valence-electron chi connectivity index (χ0n) is 15.3. The molecule has 0 spiro atoms. The van der Waals surface area contributed by atoms with Gasteiger partial charge < -0.3 is 4.74 Å². The number of methoxy groups -OCH3 is 1. The number of halogens is 1. The lowest BCUT2D eigenvalue weighted by atomic mass is 10.2. The Morgan fingerprint density at radius 3 is 2.79 bits per heavy atom. The number of fused-ring (bicyclic) bond motifs is 2. The molecule has 0 saturated heterocycles. The number of aryl methyl sites for hydroxylation is 1. The number of hydrogen-bond acceptors (Lipinski definition) is 6. The molecule has 28 heavy (non-hydrogen) atoms. The summed E-state index contributed by atoms with van der Waals surface area (Å²) in [4.78, 5) is 26.5. The number of aromatic nitrogens is 4. The van der Waals surface area contributed by atoms with Crippen molar-refractivity contribution >= 4 is 45.2 Å². The Bertz CT molecular complexity index is 1240. The third kappa shape index (κ3) is 3.61. The average Bonchev–Trinajstić information content (AvgIpc) is 2.68. The van der Waals surface area contributed by atoms with Gasteiger partial charge in [0.1, 0.15) is 11.4 Å². The van der Waals surface area contributed by atoms with Crippen molar-refractivity contribution in [1.29, 1.82) is 0 Å². The molecule has 6 nitrogen and oxygen atoms in total. The van der Waals surface area contributed by atoms with E-state index in [1.807, 2.05) is 25.1 Å². The highest BCUT2D eigenvalue weighted by molar-refractivity contribution is 7.99. The van der Waals surface area contributed by atoms with Gasteiger partial charge in [-0.2, -0.15) is 0 Å². The Kier molecular flexibility index (Phi) is 5.30. The first kappa shape index (κ1) is 18.9. The van der Waals surface area contributed by atoms with Gasteiger partial charge in [-0.3, -0.25) is 9.36 Å². The fraction of sp³-hybridized carbons (Fsp3) is 0.200. The number of nitrogens with zero attached hydrogens (tertiary/aromatic N) is 4. The van der Waals surface area contributed by atoms with Gasteiger partial charge in [0.2, 0.25) is 0 Å². The molecular weight excluding hydrogens is 396 g/mol. The van der Waals surface area contributed by atoms with E-state index in [1.54, 1.807) is 29.9 Å². The van der Waals surface area contributed by atoms with Crippen LogP contribution >= 0.6 is 23.4 Å². The van der Waals surface area contributed by atoms with Crippen molar-refractivity contribution in [2.24, 2.45) is 0 Å². The van der Waals surface area contributed by atoms with Gasteiger partial charge in [0.25, 0.3) is 5.56 Å². The second kappa shape index (κ2) is 7.87. The van der Waals surface area contributed by atoms with E-state index in [4.69, 9.17) is 21.3 Å². The Morgan fingerprint density at radius 1 is 1.11 bits per heavy atom. The Hall–Kier alpha value is -2.48. The molecule has 142 valence electrons. The van der Waals surface area contributed by atoms with Crippen LogP contribution in [0.5, 0.6) is 0 Å². The van der Waals surface area contributed by atoms with E-state index in [2.05, 4.69) is 9.97 Å². The number of rotatable bonds is 5. The van der Waals surface area contributed by atoms with E-state index in [9.17, 15) is 4.79 Å². The Labute approximate surface area is 170 Å². The lowest BCUT2D eigenvalue weighted by Gasteiger charge is -2.13. The fourth-order valence-electron chi connectivity index (χ4n) is 2.95. The largest absolute Gasteiger partial charge is 0.383 e. The molecule has 4 aromatic rings. The number of hydrogen-bond donors (Lipinski definition) is 0. The summed E-state index contributed by atoms with van der Waals surface area (Å²) in [6.45, 7) is 2.81. The van der Waals surface area contributed by atoms with Crippen molar-refractivity contribution < 1.29 is 4.74 Å². The molecule has 2 aromatic carbocycles. The lowest BCUT2D eigenvalue weighted by molar-refractivity contribution is 0.183. The zero-order chi connectivity index (χ0) is 19.7. The summed E-state index contributed by atoms with van der Waals surface area (Å²) in [7, 11) is 1.60. The first-order valence-corrected chi connectivity index (χ1v) is 9.84. The highest BCUT2D eigenvalue weighted by Crippen LogP contribution is 2.31. The molecule has 0 unspecified atom stereocenters. The minimum atomic E-state index is -0.129. The number of ether oxygens (including phenoxy) is 1. The van der Waals surface area contributed by atoms with Crippen molar-refractivity contribution in [3.8, 4) is 0 Å². The maximum absolute atomic E-state index is 13.1. The summed E-state index contributed by atoms with van der Waals surface area (Å²) >= 11 is 7.45. The van der Waals surface area contributed by atoms with Crippen molar-refractivity contribution in [1.82, 2.24) is 19.5 Å². The maximum Gasteiger partial charge on any atom is 0.262 e. The van der Waals surface area contributed by atoms with Crippen LogP contribution in [0.1, 0.15) is 5.56 Å². The van der Waals surface area contributed by atoms with Gasteiger partial charge in [-0.15, -0.1) is 0 Å². The van der Waals surface area contributed by atoms with Crippen molar-refractivity contribution in [3.63, 3.8) is 0 Å². The van der Waals surface area contributed by atoms with Crippen LogP contribution < -0.4 is 5.56 Å². The summed E-state index contributed by atoms with van der Waals surface area (Å²) in [5.41, 5.74) is 2.39. The van der Waals surface area contributed by atoms with E-state index in [1.165, 1.54) is 18.1 Å². The Morgan fingerprint density at radius 2 is 1.96 bits per heavy atom. The smallest absolute Gasteiger partial charge is 0.262 e. The summed E-state index contributed by atoms with van der Waals surface area (Å²) in [5, 5.41) is 3.26. The normalized spacial score (nSPS) is 11.4. The van der Waals surface area contributed by atoms with Gasteiger partial charge in [0.15, 0.2) is 5.16 Å². The molecule has 0 aliphatic rings. The topological polar surface area (TPSA) is 69.9 Å². The third-order valence-corrected chi connectivity index (χ3v) is 5.59. The Balaban J connectivity index is 1.90. The third-order valence-electron chi connectivity index (χ3n) is 4.34. The quantitative estimate of drug-likeness (QED) is 0.363. The predicted octanol–water partition coefficient (Wildman–Crippen LogP) is 4.10. The van der Waals surface area contributed by atoms with E-state index in [0.29, 0.717) is 34.2 Å². The molecule has 0 saturated carbocycles. The molecule has 0 fully saturated rings. The van der Waals surface area contributed by atoms with Crippen LogP contribution in [0.2, 0.25) is 5.02 Å². The second-order valence-electron chi connectivity index (χ2n) is 6.31. The highest BCUT2D eigenvalue weighted by atomic mass is 35.5. The van der Waals surface area contributed by atoms with Gasteiger partial charge >= 0.3 is 0 Å². The standard InChI is InChI=1S/C20H17ClN4O2S/c1-12-3-6-16-15(9-12)18(23-11-22-16)28-20-24-17-10-13(21)4-5-14(17)19(26)25(20)7-8-27-2/h3-6,9-11H,7-8H2,1-2H3. The molecule has 2 heterocycles. The van der Waals surface area contributed by atoms with Gasteiger partial charge in [0, 0.05) is 17.5 Å². The van der Waals surface area contributed by atoms with Crippen molar-refractivity contribution in [2.75, 3.05) is 13.7 Å². The highest BCUT2D eigenvalue weighted by Gasteiger charge is 2.15. The molecule has 0 N–H and O–H groups in total. The molecule has 0 aliphatic heterocycles. The second-order valence-corrected chi connectivity index (χ2v) is 7.70.